The van der Waals surface area contributed by atoms with E-state index in [-0.39, 0.29) is 23.5 Å². The Morgan fingerprint density at radius 1 is 0.852 bits per heavy atom. The summed E-state index contributed by atoms with van der Waals surface area (Å²) in [5, 5.41) is 9.62. The molecule has 3 aromatic carbocycles. The average Bonchev–Trinajstić information content (AvgIpc) is 2.69. The van der Waals surface area contributed by atoms with E-state index in [9.17, 15) is 9.90 Å². The van der Waals surface area contributed by atoms with Crippen LogP contribution >= 0.6 is 0 Å². The largest absolute Gasteiger partial charge is 0.478 e. The van der Waals surface area contributed by atoms with Gasteiger partial charge in [-0.05, 0) is 35.4 Å². The second-order valence-corrected chi connectivity index (χ2v) is 6.73. The molecular weight excluding hydrogens is 340 g/mol. The second-order valence-electron chi connectivity index (χ2n) is 6.73. The molecule has 0 aliphatic rings. The Morgan fingerprint density at radius 3 is 2.11 bits per heavy atom. The van der Waals surface area contributed by atoms with Crippen molar-refractivity contribution in [3.8, 4) is 11.5 Å². The molecule has 0 unspecified atom stereocenters. The summed E-state index contributed by atoms with van der Waals surface area (Å²) in [5.74, 6) is -0.0855. The fourth-order valence-corrected chi connectivity index (χ4v) is 2.91. The molecule has 138 valence electrons. The normalized spacial score (nSPS) is 11.0. The average molecular weight is 362 g/mol. The number of ether oxygens (including phenoxy) is 2. The van der Waals surface area contributed by atoms with Gasteiger partial charge in [-0.25, -0.2) is 4.79 Å². The summed E-state index contributed by atoms with van der Waals surface area (Å²) in [6, 6.07) is 24.5. The number of carboxylic acids is 1. The number of aromatic carboxylic acids is 1. The maximum Gasteiger partial charge on any atom is 0.339 e. The molecule has 0 radical (unpaired) electrons. The zero-order valence-corrected chi connectivity index (χ0v) is 15.4. The van der Waals surface area contributed by atoms with Crippen LogP contribution in [-0.2, 0) is 5.41 Å². The Hall–Kier alpha value is -3.27. The van der Waals surface area contributed by atoms with Crippen molar-refractivity contribution in [2.24, 2.45) is 0 Å². The van der Waals surface area contributed by atoms with Gasteiger partial charge in [-0.2, -0.15) is 0 Å². The van der Waals surface area contributed by atoms with Gasteiger partial charge in [0, 0.05) is 5.41 Å². The van der Waals surface area contributed by atoms with Crippen LogP contribution in [0.1, 0.15) is 35.3 Å². The Balaban J connectivity index is 1.81. The first-order chi connectivity index (χ1) is 13.0. The van der Waals surface area contributed by atoms with Gasteiger partial charge in [-0.3, -0.25) is 0 Å². The summed E-state index contributed by atoms with van der Waals surface area (Å²) in [6.45, 7) is 4.08. The SMILES string of the molecule is CC(C)(c1ccccc1)c1ccc(OCOc2ccccc2)c(C(=O)O)c1. The van der Waals surface area contributed by atoms with Crippen molar-refractivity contribution in [1.29, 1.82) is 0 Å². The molecule has 1 N–H and O–H groups in total. The summed E-state index contributed by atoms with van der Waals surface area (Å²) >= 11 is 0. The number of hydrogen-bond donors (Lipinski definition) is 1. The Labute approximate surface area is 159 Å². The highest BCUT2D eigenvalue weighted by Crippen LogP contribution is 2.34. The first-order valence-electron chi connectivity index (χ1n) is 8.72. The number of hydrogen-bond acceptors (Lipinski definition) is 3. The fraction of sp³-hybridized carbons (Fsp3) is 0.174. The molecular formula is C23H22O4. The van der Waals surface area contributed by atoms with Gasteiger partial charge in [0.2, 0.25) is 6.79 Å². The maximum atomic E-state index is 11.7. The lowest BCUT2D eigenvalue weighted by molar-refractivity contribution is 0.0682. The minimum absolute atomic E-state index is 0.0638. The van der Waals surface area contributed by atoms with Gasteiger partial charge in [0.05, 0.1) is 0 Å². The first-order valence-corrected chi connectivity index (χ1v) is 8.72. The highest BCUT2D eigenvalue weighted by atomic mass is 16.7. The molecule has 4 heteroatoms. The molecule has 0 aromatic heterocycles. The van der Waals surface area contributed by atoms with Crippen LogP contribution in [0.25, 0.3) is 0 Å². The van der Waals surface area contributed by atoms with Crippen LogP contribution in [0.15, 0.2) is 78.9 Å². The lowest BCUT2D eigenvalue weighted by atomic mass is 9.77. The third-order valence-electron chi connectivity index (χ3n) is 4.61. The van der Waals surface area contributed by atoms with E-state index in [4.69, 9.17) is 9.47 Å². The van der Waals surface area contributed by atoms with Crippen molar-refractivity contribution in [2.75, 3.05) is 6.79 Å². The summed E-state index contributed by atoms with van der Waals surface area (Å²) in [7, 11) is 0. The van der Waals surface area contributed by atoms with E-state index in [0.717, 1.165) is 11.1 Å². The second kappa shape index (κ2) is 7.96. The van der Waals surface area contributed by atoms with Gasteiger partial charge in [-0.15, -0.1) is 0 Å². The molecule has 0 aliphatic heterocycles. The topological polar surface area (TPSA) is 55.8 Å². The Kier molecular flexibility index (Phi) is 5.46. The molecule has 0 bridgehead atoms. The smallest absolute Gasteiger partial charge is 0.339 e. The molecule has 27 heavy (non-hydrogen) atoms. The lowest BCUT2D eigenvalue weighted by Gasteiger charge is -2.27. The monoisotopic (exact) mass is 362 g/mol. The lowest BCUT2D eigenvalue weighted by Crippen LogP contribution is -2.20. The van der Waals surface area contributed by atoms with Gasteiger partial charge in [0.25, 0.3) is 0 Å². The number of carbonyl (C=O) groups is 1. The van der Waals surface area contributed by atoms with Crippen molar-refractivity contribution in [3.63, 3.8) is 0 Å². The first kappa shape index (κ1) is 18.5. The molecule has 0 spiro atoms. The maximum absolute atomic E-state index is 11.7. The molecule has 0 saturated heterocycles. The van der Waals surface area contributed by atoms with E-state index in [1.807, 2.05) is 66.7 Å². The van der Waals surface area contributed by atoms with Crippen LogP contribution in [0.3, 0.4) is 0 Å². The fourth-order valence-electron chi connectivity index (χ4n) is 2.91. The third-order valence-corrected chi connectivity index (χ3v) is 4.61. The molecule has 0 aliphatic carbocycles. The van der Waals surface area contributed by atoms with Crippen molar-refractivity contribution in [1.82, 2.24) is 0 Å². The van der Waals surface area contributed by atoms with Crippen LogP contribution in [-0.4, -0.2) is 17.9 Å². The number of rotatable bonds is 7. The van der Waals surface area contributed by atoms with E-state index < -0.39 is 5.97 Å². The van der Waals surface area contributed by atoms with E-state index in [1.165, 1.54) is 0 Å². The van der Waals surface area contributed by atoms with Crippen LogP contribution < -0.4 is 9.47 Å². The molecule has 0 heterocycles. The zero-order chi connectivity index (χ0) is 19.3. The molecule has 0 amide bonds. The molecule has 3 rings (SSSR count). The predicted molar refractivity (Wildman–Crippen MR) is 105 cm³/mol. The Bertz CT molecular complexity index is 902. The zero-order valence-electron chi connectivity index (χ0n) is 15.4. The van der Waals surface area contributed by atoms with Gasteiger partial charge in [0.1, 0.15) is 17.1 Å². The molecule has 0 atom stereocenters. The van der Waals surface area contributed by atoms with Crippen molar-refractivity contribution in [3.05, 3.63) is 95.6 Å². The minimum Gasteiger partial charge on any atom is -0.478 e. The van der Waals surface area contributed by atoms with E-state index in [2.05, 4.69) is 13.8 Å². The van der Waals surface area contributed by atoms with Crippen LogP contribution in [0.2, 0.25) is 0 Å². The molecule has 3 aromatic rings. The number of carboxylic acid groups (broad SMARTS) is 1. The van der Waals surface area contributed by atoms with Crippen molar-refractivity contribution in [2.45, 2.75) is 19.3 Å². The highest BCUT2D eigenvalue weighted by Gasteiger charge is 2.25. The van der Waals surface area contributed by atoms with Gasteiger partial charge in [0.15, 0.2) is 0 Å². The van der Waals surface area contributed by atoms with Crippen LogP contribution in [0.5, 0.6) is 11.5 Å². The van der Waals surface area contributed by atoms with Crippen LogP contribution in [0.4, 0.5) is 0 Å². The quantitative estimate of drug-likeness (QED) is 0.592. The third kappa shape index (κ3) is 4.29. The van der Waals surface area contributed by atoms with Gasteiger partial charge in [-0.1, -0.05) is 68.4 Å². The van der Waals surface area contributed by atoms with E-state index >= 15 is 0 Å². The summed E-state index contributed by atoms with van der Waals surface area (Å²) < 4.78 is 11.1. The van der Waals surface area contributed by atoms with Crippen molar-refractivity contribution < 1.29 is 19.4 Å². The van der Waals surface area contributed by atoms with Crippen molar-refractivity contribution >= 4 is 5.97 Å². The number of benzene rings is 3. The minimum atomic E-state index is -1.03. The summed E-state index contributed by atoms with van der Waals surface area (Å²) in [5.41, 5.74) is 1.81. The number of para-hydroxylation sites is 1. The van der Waals surface area contributed by atoms with Gasteiger partial charge < -0.3 is 14.6 Å². The van der Waals surface area contributed by atoms with E-state index in [1.54, 1.807) is 12.1 Å². The Morgan fingerprint density at radius 2 is 1.48 bits per heavy atom. The predicted octanol–water partition coefficient (Wildman–Crippen LogP) is 5.13. The molecule has 0 fully saturated rings. The van der Waals surface area contributed by atoms with Gasteiger partial charge >= 0.3 is 5.97 Å². The summed E-state index contributed by atoms with van der Waals surface area (Å²) in [6.07, 6.45) is 0. The highest BCUT2D eigenvalue weighted by molar-refractivity contribution is 5.91. The molecule has 0 saturated carbocycles. The summed E-state index contributed by atoms with van der Waals surface area (Å²) in [4.78, 5) is 11.7. The van der Waals surface area contributed by atoms with E-state index in [0.29, 0.717) is 5.75 Å². The molecule has 4 nitrogen and oxygen atoms in total. The standard InChI is InChI=1S/C23H22O4/c1-23(2,17-9-5-3-6-10-17)18-13-14-21(20(15-18)22(24)25)27-16-26-19-11-7-4-8-12-19/h3-15H,16H2,1-2H3,(H,24,25). The van der Waals surface area contributed by atoms with Crippen LogP contribution in [0, 0.1) is 0 Å².